The molecule has 0 aromatic heterocycles. The van der Waals surface area contributed by atoms with Crippen LogP contribution in [0.1, 0.15) is 41.5 Å². The minimum absolute atomic E-state index is 0.0295. The van der Waals surface area contributed by atoms with Crippen molar-refractivity contribution in [2.45, 2.75) is 47.1 Å². The molecule has 0 amide bonds. The minimum atomic E-state index is -0.143. The van der Waals surface area contributed by atoms with E-state index in [0.717, 1.165) is 0 Å². The molecule has 0 saturated heterocycles. The standard InChI is InChI=1S/C12H23NO2/c1-9(2)11(15)8-13(7-10(3)14)12(4,5)6/h9H,7-8H2,1-6H3. The Hall–Kier alpha value is -0.700. The molecule has 0 aliphatic carbocycles. The van der Waals surface area contributed by atoms with Gasteiger partial charge in [-0.25, -0.2) is 0 Å². The molecule has 3 heteroatoms. The summed E-state index contributed by atoms with van der Waals surface area (Å²) in [5.41, 5.74) is -0.143. The fourth-order valence-electron chi connectivity index (χ4n) is 1.17. The number of ketones is 2. The Morgan fingerprint density at radius 2 is 1.60 bits per heavy atom. The molecule has 0 heterocycles. The highest BCUT2D eigenvalue weighted by atomic mass is 16.1. The van der Waals surface area contributed by atoms with Crippen LogP contribution in [-0.4, -0.2) is 35.1 Å². The lowest BCUT2D eigenvalue weighted by atomic mass is 10.0. The quantitative estimate of drug-likeness (QED) is 0.700. The molecule has 3 nitrogen and oxygen atoms in total. The molecule has 0 bridgehead atoms. The second-order valence-electron chi connectivity index (χ2n) is 5.35. The first-order chi connectivity index (χ1) is 6.64. The first-order valence-corrected chi connectivity index (χ1v) is 5.41. The van der Waals surface area contributed by atoms with Crippen LogP contribution in [-0.2, 0) is 9.59 Å². The van der Waals surface area contributed by atoms with Crippen LogP contribution in [0, 0.1) is 5.92 Å². The van der Waals surface area contributed by atoms with E-state index in [1.165, 1.54) is 0 Å². The molecule has 0 saturated carbocycles. The van der Waals surface area contributed by atoms with E-state index in [4.69, 9.17) is 0 Å². The largest absolute Gasteiger partial charge is 0.299 e. The van der Waals surface area contributed by atoms with E-state index in [0.29, 0.717) is 13.1 Å². The van der Waals surface area contributed by atoms with Gasteiger partial charge in [-0.1, -0.05) is 13.8 Å². The van der Waals surface area contributed by atoms with E-state index in [1.54, 1.807) is 6.92 Å². The lowest BCUT2D eigenvalue weighted by Gasteiger charge is -2.34. The van der Waals surface area contributed by atoms with Crippen LogP contribution in [0.5, 0.6) is 0 Å². The van der Waals surface area contributed by atoms with E-state index in [9.17, 15) is 9.59 Å². The van der Waals surface area contributed by atoms with Crippen molar-refractivity contribution in [3.63, 3.8) is 0 Å². The van der Waals surface area contributed by atoms with E-state index < -0.39 is 0 Å². The van der Waals surface area contributed by atoms with Gasteiger partial charge in [0.1, 0.15) is 11.6 Å². The van der Waals surface area contributed by atoms with Crippen LogP contribution in [0.2, 0.25) is 0 Å². The smallest absolute Gasteiger partial charge is 0.149 e. The Bertz CT molecular complexity index is 238. The van der Waals surface area contributed by atoms with Crippen molar-refractivity contribution in [3.8, 4) is 0 Å². The van der Waals surface area contributed by atoms with Gasteiger partial charge in [0.25, 0.3) is 0 Å². The minimum Gasteiger partial charge on any atom is -0.299 e. The van der Waals surface area contributed by atoms with Crippen molar-refractivity contribution in [1.29, 1.82) is 0 Å². The third-order valence-electron chi connectivity index (χ3n) is 2.35. The van der Waals surface area contributed by atoms with Crippen molar-refractivity contribution in [3.05, 3.63) is 0 Å². The molecule has 0 aliphatic heterocycles. The molecule has 15 heavy (non-hydrogen) atoms. The Kier molecular flexibility index (Phi) is 5.15. The van der Waals surface area contributed by atoms with Crippen LogP contribution < -0.4 is 0 Å². The molecular formula is C12H23NO2. The maximum atomic E-state index is 11.6. The zero-order valence-electron chi connectivity index (χ0n) is 10.8. The number of carbonyl (C=O) groups is 2. The number of hydrogen-bond donors (Lipinski definition) is 0. The predicted molar refractivity (Wildman–Crippen MR) is 61.9 cm³/mol. The first kappa shape index (κ1) is 14.3. The summed E-state index contributed by atoms with van der Waals surface area (Å²) in [6, 6.07) is 0. The van der Waals surface area contributed by atoms with Gasteiger partial charge in [-0.15, -0.1) is 0 Å². The van der Waals surface area contributed by atoms with Gasteiger partial charge in [-0.2, -0.15) is 0 Å². The molecule has 0 rings (SSSR count). The molecule has 0 atom stereocenters. The number of hydrogen-bond acceptors (Lipinski definition) is 3. The molecule has 0 aromatic rings. The zero-order valence-corrected chi connectivity index (χ0v) is 10.8. The van der Waals surface area contributed by atoms with E-state index in [-0.39, 0.29) is 23.0 Å². The van der Waals surface area contributed by atoms with Gasteiger partial charge in [0.05, 0.1) is 13.1 Å². The van der Waals surface area contributed by atoms with Crippen LogP contribution in [0.3, 0.4) is 0 Å². The number of Topliss-reactive ketones (excluding diaryl/α,β-unsaturated/α-hetero) is 2. The Morgan fingerprint density at radius 3 is 1.87 bits per heavy atom. The number of rotatable bonds is 5. The van der Waals surface area contributed by atoms with Crippen molar-refractivity contribution in [2.75, 3.05) is 13.1 Å². The summed E-state index contributed by atoms with van der Waals surface area (Å²) in [5.74, 6) is 0.314. The molecule has 88 valence electrons. The Morgan fingerprint density at radius 1 is 1.13 bits per heavy atom. The van der Waals surface area contributed by atoms with Crippen molar-refractivity contribution in [2.24, 2.45) is 5.92 Å². The van der Waals surface area contributed by atoms with Gasteiger partial charge < -0.3 is 0 Å². The summed E-state index contributed by atoms with van der Waals surface area (Å²) < 4.78 is 0. The van der Waals surface area contributed by atoms with Gasteiger partial charge in [0, 0.05) is 11.5 Å². The van der Waals surface area contributed by atoms with Crippen molar-refractivity contribution in [1.82, 2.24) is 4.90 Å². The highest BCUT2D eigenvalue weighted by molar-refractivity contribution is 5.83. The Balaban J connectivity index is 4.52. The van der Waals surface area contributed by atoms with Crippen LogP contribution in [0.4, 0.5) is 0 Å². The van der Waals surface area contributed by atoms with Gasteiger partial charge in [0.2, 0.25) is 0 Å². The maximum Gasteiger partial charge on any atom is 0.149 e. The molecule has 0 fully saturated rings. The molecule has 0 aromatic carbocycles. The summed E-state index contributed by atoms with van der Waals surface area (Å²) >= 11 is 0. The third kappa shape index (κ3) is 5.67. The van der Waals surface area contributed by atoms with E-state index >= 15 is 0 Å². The highest BCUT2D eigenvalue weighted by Gasteiger charge is 2.25. The summed E-state index contributed by atoms with van der Waals surface area (Å²) in [6.07, 6.45) is 0. The van der Waals surface area contributed by atoms with Crippen molar-refractivity contribution >= 4 is 11.6 Å². The average molecular weight is 213 g/mol. The van der Waals surface area contributed by atoms with Gasteiger partial charge in [-0.05, 0) is 27.7 Å². The predicted octanol–water partition coefficient (Wildman–Crippen LogP) is 1.90. The molecule has 0 radical (unpaired) electrons. The van der Waals surface area contributed by atoms with Crippen LogP contribution in [0.25, 0.3) is 0 Å². The molecular weight excluding hydrogens is 190 g/mol. The lowest BCUT2D eigenvalue weighted by Crippen LogP contribution is -2.47. The van der Waals surface area contributed by atoms with E-state index in [1.807, 2.05) is 39.5 Å². The lowest BCUT2D eigenvalue weighted by molar-refractivity contribution is -0.126. The average Bonchev–Trinajstić information content (AvgIpc) is 2.00. The van der Waals surface area contributed by atoms with Crippen LogP contribution >= 0.6 is 0 Å². The highest BCUT2D eigenvalue weighted by Crippen LogP contribution is 2.13. The zero-order chi connectivity index (χ0) is 12.2. The summed E-state index contributed by atoms with van der Waals surface area (Å²) in [6.45, 7) is 12.1. The van der Waals surface area contributed by atoms with Gasteiger partial charge in [0.15, 0.2) is 0 Å². The second-order valence-corrected chi connectivity index (χ2v) is 5.35. The second kappa shape index (κ2) is 5.40. The molecule has 0 aliphatic rings. The number of nitrogens with zero attached hydrogens (tertiary/aromatic N) is 1. The Labute approximate surface area is 92.8 Å². The first-order valence-electron chi connectivity index (χ1n) is 5.41. The third-order valence-corrected chi connectivity index (χ3v) is 2.35. The normalized spacial score (nSPS) is 12.3. The number of carbonyl (C=O) groups excluding carboxylic acids is 2. The van der Waals surface area contributed by atoms with Crippen LogP contribution in [0.15, 0.2) is 0 Å². The fraction of sp³-hybridized carbons (Fsp3) is 0.833. The fourth-order valence-corrected chi connectivity index (χ4v) is 1.17. The monoisotopic (exact) mass is 213 g/mol. The van der Waals surface area contributed by atoms with Gasteiger partial charge in [-0.3, -0.25) is 14.5 Å². The molecule has 0 N–H and O–H groups in total. The van der Waals surface area contributed by atoms with Gasteiger partial charge >= 0.3 is 0 Å². The maximum absolute atomic E-state index is 11.6. The summed E-state index contributed by atoms with van der Waals surface area (Å²) in [7, 11) is 0. The molecule has 0 unspecified atom stereocenters. The van der Waals surface area contributed by atoms with E-state index in [2.05, 4.69) is 0 Å². The van der Waals surface area contributed by atoms with Crippen molar-refractivity contribution < 1.29 is 9.59 Å². The topological polar surface area (TPSA) is 37.4 Å². The molecule has 0 spiro atoms. The summed E-state index contributed by atoms with van der Waals surface area (Å²) in [5, 5.41) is 0. The summed E-state index contributed by atoms with van der Waals surface area (Å²) in [4.78, 5) is 24.7. The SMILES string of the molecule is CC(=O)CN(CC(=O)C(C)C)C(C)(C)C.